The molecule has 0 aliphatic rings. The first-order chi connectivity index (χ1) is 13.4. The number of aromatic nitrogens is 1. The van der Waals surface area contributed by atoms with Crippen molar-refractivity contribution in [3.63, 3.8) is 0 Å². The maximum atomic E-state index is 12.6. The first-order valence-electron chi connectivity index (χ1n) is 9.11. The molecule has 0 saturated carbocycles. The van der Waals surface area contributed by atoms with Crippen molar-refractivity contribution in [3.05, 3.63) is 86.8 Å². The van der Waals surface area contributed by atoms with Gasteiger partial charge in [0.25, 0.3) is 11.5 Å². The van der Waals surface area contributed by atoms with Crippen LogP contribution in [0.2, 0.25) is 0 Å². The standard InChI is InChI=1S/C23H24N2O3/c1-14-9-15(2)11-18(10-14)20-12-21(23(27)25-16(20)3)22(26)24-13-17-5-7-19(28-4)8-6-17/h5-12H,13H2,1-4H3,(H,24,26)(H,25,27). The van der Waals surface area contributed by atoms with E-state index in [1.165, 1.54) is 0 Å². The van der Waals surface area contributed by atoms with Crippen LogP contribution in [0.25, 0.3) is 11.1 Å². The van der Waals surface area contributed by atoms with E-state index in [-0.39, 0.29) is 5.56 Å². The van der Waals surface area contributed by atoms with E-state index in [1.54, 1.807) is 13.2 Å². The number of nitrogens with one attached hydrogen (secondary N) is 2. The zero-order valence-corrected chi connectivity index (χ0v) is 16.6. The molecule has 28 heavy (non-hydrogen) atoms. The van der Waals surface area contributed by atoms with Gasteiger partial charge in [0, 0.05) is 17.8 Å². The van der Waals surface area contributed by atoms with Crippen LogP contribution in [0.4, 0.5) is 0 Å². The number of aryl methyl sites for hydroxylation is 3. The SMILES string of the molecule is COc1ccc(CNC(=O)c2cc(-c3cc(C)cc(C)c3)c(C)[nH]c2=O)cc1. The average molecular weight is 376 g/mol. The number of carbonyl (C=O) groups excluding carboxylic acids is 1. The van der Waals surface area contributed by atoms with Crippen LogP contribution in [0, 0.1) is 20.8 Å². The second-order valence-corrected chi connectivity index (χ2v) is 6.96. The minimum Gasteiger partial charge on any atom is -0.497 e. The predicted molar refractivity (Wildman–Crippen MR) is 111 cm³/mol. The number of pyridine rings is 1. The highest BCUT2D eigenvalue weighted by molar-refractivity contribution is 5.95. The predicted octanol–water partition coefficient (Wildman–Crippen LogP) is 3.91. The van der Waals surface area contributed by atoms with E-state index >= 15 is 0 Å². The van der Waals surface area contributed by atoms with Crippen LogP contribution in [0.1, 0.15) is 32.7 Å². The second kappa shape index (κ2) is 8.13. The first-order valence-corrected chi connectivity index (χ1v) is 9.11. The number of rotatable bonds is 5. The summed E-state index contributed by atoms with van der Waals surface area (Å²) in [5.74, 6) is 0.353. The molecular weight excluding hydrogens is 352 g/mol. The summed E-state index contributed by atoms with van der Waals surface area (Å²) in [7, 11) is 1.60. The third-order valence-corrected chi connectivity index (χ3v) is 4.63. The molecule has 0 atom stereocenters. The molecule has 1 aromatic heterocycles. The van der Waals surface area contributed by atoms with Gasteiger partial charge in [0.2, 0.25) is 0 Å². The minimum absolute atomic E-state index is 0.105. The monoisotopic (exact) mass is 376 g/mol. The smallest absolute Gasteiger partial charge is 0.261 e. The second-order valence-electron chi connectivity index (χ2n) is 6.96. The van der Waals surface area contributed by atoms with E-state index in [4.69, 9.17) is 4.74 Å². The maximum Gasteiger partial charge on any atom is 0.261 e. The van der Waals surface area contributed by atoms with Crippen molar-refractivity contribution in [3.8, 4) is 16.9 Å². The summed E-state index contributed by atoms with van der Waals surface area (Å²) >= 11 is 0. The molecular formula is C23H24N2O3. The van der Waals surface area contributed by atoms with Crippen molar-refractivity contribution < 1.29 is 9.53 Å². The van der Waals surface area contributed by atoms with E-state index < -0.39 is 11.5 Å². The fourth-order valence-electron chi connectivity index (χ4n) is 3.24. The molecule has 0 aliphatic carbocycles. The van der Waals surface area contributed by atoms with Gasteiger partial charge in [-0.3, -0.25) is 9.59 Å². The summed E-state index contributed by atoms with van der Waals surface area (Å²) in [6, 6.07) is 15.3. The molecule has 0 spiro atoms. The summed E-state index contributed by atoms with van der Waals surface area (Å²) in [4.78, 5) is 27.8. The Morgan fingerprint density at radius 3 is 2.25 bits per heavy atom. The molecule has 1 amide bonds. The number of amides is 1. The summed E-state index contributed by atoms with van der Waals surface area (Å²) in [5.41, 5.74) is 5.47. The number of hydrogen-bond donors (Lipinski definition) is 2. The van der Waals surface area contributed by atoms with Crippen molar-refractivity contribution in [1.29, 1.82) is 0 Å². The molecule has 1 heterocycles. The lowest BCUT2D eigenvalue weighted by Crippen LogP contribution is -2.29. The number of ether oxygens (including phenoxy) is 1. The third kappa shape index (κ3) is 4.31. The number of methoxy groups -OCH3 is 1. The molecule has 2 N–H and O–H groups in total. The van der Waals surface area contributed by atoms with Gasteiger partial charge >= 0.3 is 0 Å². The molecule has 5 heteroatoms. The molecule has 0 bridgehead atoms. The van der Waals surface area contributed by atoms with Gasteiger partial charge in [0.1, 0.15) is 11.3 Å². The molecule has 0 saturated heterocycles. The lowest BCUT2D eigenvalue weighted by Gasteiger charge is -2.11. The van der Waals surface area contributed by atoms with Crippen molar-refractivity contribution in [2.45, 2.75) is 27.3 Å². The highest BCUT2D eigenvalue weighted by Gasteiger charge is 2.15. The van der Waals surface area contributed by atoms with Gasteiger partial charge in [-0.15, -0.1) is 0 Å². The number of benzene rings is 2. The molecule has 2 aromatic carbocycles. The third-order valence-electron chi connectivity index (χ3n) is 4.63. The molecule has 0 unspecified atom stereocenters. The molecule has 3 rings (SSSR count). The van der Waals surface area contributed by atoms with E-state index in [1.807, 2.05) is 57.2 Å². The summed E-state index contributed by atoms with van der Waals surface area (Å²) in [6.07, 6.45) is 0. The number of H-pyrrole nitrogens is 1. The van der Waals surface area contributed by atoms with Crippen LogP contribution in [0.3, 0.4) is 0 Å². The Hall–Kier alpha value is -3.34. The Bertz CT molecular complexity index is 1050. The molecule has 3 aromatic rings. The highest BCUT2D eigenvalue weighted by atomic mass is 16.5. The van der Waals surface area contributed by atoms with Crippen molar-refractivity contribution >= 4 is 5.91 Å². The molecule has 5 nitrogen and oxygen atoms in total. The zero-order valence-electron chi connectivity index (χ0n) is 16.6. The van der Waals surface area contributed by atoms with Gasteiger partial charge < -0.3 is 15.0 Å². The van der Waals surface area contributed by atoms with Gasteiger partial charge in [-0.05, 0) is 50.1 Å². The Balaban J connectivity index is 1.86. The fourth-order valence-corrected chi connectivity index (χ4v) is 3.24. The molecule has 0 radical (unpaired) electrons. The Morgan fingerprint density at radius 1 is 1.00 bits per heavy atom. The van der Waals surface area contributed by atoms with Crippen LogP contribution in [-0.2, 0) is 6.54 Å². The summed E-state index contributed by atoms with van der Waals surface area (Å²) < 4.78 is 5.13. The lowest BCUT2D eigenvalue weighted by atomic mass is 9.98. The van der Waals surface area contributed by atoms with E-state index in [0.717, 1.165) is 39.3 Å². The van der Waals surface area contributed by atoms with Crippen LogP contribution >= 0.6 is 0 Å². The van der Waals surface area contributed by atoms with Gasteiger partial charge in [-0.2, -0.15) is 0 Å². The van der Waals surface area contributed by atoms with Crippen LogP contribution in [-0.4, -0.2) is 18.0 Å². The van der Waals surface area contributed by atoms with E-state index in [0.29, 0.717) is 6.54 Å². The lowest BCUT2D eigenvalue weighted by molar-refractivity contribution is 0.0949. The normalized spacial score (nSPS) is 10.6. The summed E-state index contributed by atoms with van der Waals surface area (Å²) in [6.45, 7) is 6.22. The van der Waals surface area contributed by atoms with Gasteiger partial charge in [-0.25, -0.2) is 0 Å². The zero-order chi connectivity index (χ0) is 20.3. The van der Waals surface area contributed by atoms with Gasteiger partial charge in [0.05, 0.1) is 7.11 Å². The number of carbonyl (C=O) groups is 1. The number of hydrogen-bond acceptors (Lipinski definition) is 3. The molecule has 144 valence electrons. The maximum absolute atomic E-state index is 12.6. The summed E-state index contributed by atoms with van der Waals surface area (Å²) in [5, 5.41) is 2.81. The largest absolute Gasteiger partial charge is 0.497 e. The Kier molecular flexibility index (Phi) is 5.64. The van der Waals surface area contributed by atoms with Gasteiger partial charge in [-0.1, -0.05) is 41.5 Å². The molecule has 0 aliphatic heterocycles. The average Bonchev–Trinajstić information content (AvgIpc) is 2.65. The van der Waals surface area contributed by atoms with E-state index in [9.17, 15) is 9.59 Å². The van der Waals surface area contributed by atoms with E-state index in [2.05, 4.69) is 16.4 Å². The van der Waals surface area contributed by atoms with Crippen molar-refractivity contribution in [2.24, 2.45) is 0 Å². The topological polar surface area (TPSA) is 71.2 Å². The Labute approximate surface area is 164 Å². The van der Waals surface area contributed by atoms with Crippen molar-refractivity contribution in [1.82, 2.24) is 10.3 Å². The fraction of sp³-hybridized carbons (Fsp3) is 0.217. The minimum atomic E-state index is -0.400. The quantitative estimate of drug-likeness (QED) is 0.709. The Morgan fingerprint density at radius 2 is 1.64 bits per heavy atom. The van der Waals surface area contributed by atoms with Crippen molar-refractivity contribution in [2.75, 3.05) is 7.11 Å². The van der Waals surface area contributed by atoms with Crippen LogP contribution in [0.5, 0.6) is 5.75 Å². The highest BCUT2D eigenvalue weighted by Crippen LogP contribution is 2.24. The van der Waals surface area contributed by atoms with Crippen LogP contribution < -0.4 is 15.6 Å². The first kappa shape index (κ1) is 19.4. The van der Waals surface area contributed by atoms with Gasteiger partial charge in [0.15, 0.2) is 0 Å². The number of aromatic amines is 1. The molecule has 0 fully saturated rings. The van der Waals surface area contributed by atoms with Crippen LogP contribution in [0.15, 0.2) is 53.3 Å².